The van der Waals surface area contributed by atoms with Gasteiger partial charge in [0.1, 0.15) is 0 Å². The number of amides is 1. The van der Waals surface area contributed by atoms with E-state index in [2.05, 4.69) is 11.0 Å². The van der Waals surface area contributed by atoms with Gasteiger partial charge < -0.3 is 14.9 Å². The Balaban J connectivity index is 2.32. The maximum atomic E-state index is 11.8. The third-order valence-corrected chi connectivity index (χ3v) is 3.70. The van der Waals surface area contributed by atoms with Gasteiger partial charge in [-0.2, -0.15) is 5.26 Å². The van der Waals surface area contributed by atoms with Gasteiger partial charge in [-0.15, -0.1) is 0 Å². The molecular formula is C15H19N3O2. The van der Waals surface area contributed by atoms with E-state index in [1.54, 1.807) is 13.1 Å². The molecule has 2 atom stereocenters. The summed E-state index contributed by atoms with van der Waals surface area (Å²) >= 11 is 0. The van der Waals surface area contributed by atoms with Crippen LogP contribution in [0.3, 0.4) is 0 Å². The van der Waals surface area contributed by atoms with Gasteiger partial charge in [-0.1, -0.05) is 6.07 Å². The quantitative estimate of drug-likeness (QED) is 0.906. The second kappa shape index (κ2) is 5.51. The molecule has 1 aliphatic rings. The van der Waals surface area contributed by atoms with Crippen LogP contribution >= 0.6 is 0 Å². The molecular weight excluding hydrogens is 254 g/mol. The number of nitriles is 1. The van der Waals surface area contributed by atoms with Crippen LogP contribution in [-0.4, -0.2) is 31.2 Å². The van der Waals surface area contributed by atoms with Crippen molar-refractivity contribution in [3.05, 3.63) is 23.8 Å². The van der Waals surface area contributed by atoms with E-state index in [1.807, 2.05) is 26.0 Å². The van der Waals surface area contributed by atoms with Crippen molar-refractivity contribution in [1.29, 1.82) is 5.26 Å². The molecule has 1 N–H and O–H groups in total. The van der Waals surface area contributed by atoms with Crippen molar-refractivity contribution in [2.45, 2.75) is 20.0 Å². The summed E-state index contributed by atoms with van der Waals surface area (Å²) in [5.41, 5.74) is 2.34. The highest BCUT2D eigenvalue weighted by molar-refractivity contribution is 6.03. The molecule has 1 aromatic carbocycles. The van der Waals surface area contributed by atoms with Crippen LogP contribution in [0.1, 0.15) is 25.5 Å². The minimum absolute atomic E-state index is 0.0619. The fraction of sp³-hybridized carbons (Fsp3) is 0.467. The highest BCUT2D eigenvalue weighted by atomic mass is 16.3. The lowest BCUT2D eigenvalue weighted by molar-refractivity contribution is -0.125. The molecule has 0 aromatic heterocycles. The van der Waals surface area contributed by atoms with Gasteiger partial charge in [0.25, 0.3) is 5.91 Å². The van der Waals surface area contributed by atoms with Gasteiger partial charge in [-0.05, 0) is 26.0 Å². The first-order valence-electron chi connectivity index (χ1n) is 6.73. The van der Waals surface area contributed by atoms with Crippen molar-refractivity contribution in [2.75, 3.05) is 29.9 Å². The predicted octanol–water partition coefficient (Wildman–Crippen LogP) is 1.68. The molecule has 0 spiro atoms. The monoisotopic (exact) mass is 273 g/mol. The molecule has 0 bridgehead atoms. The highest BCUT2D eigenvalue weighted by Gasteiger charge is 2.33. The molecule has 1 amide bonds. The van der Waals surface area contributed by atoms with E-state index in [4.69, 9.17) is 5.26 Å². The number of benzene rings is 1. The number of carbonyl (C=O) groups is 1. The van der Waals surface area contributed by atoms with E-state index in [1.165, 1.54) is 4.90 Å². The molecule has 1 aromatic rings. The van der Waals surface area contributed by atoms with Crippen LogP contribution in [0.15, 0.2) is 18.2 Å². The topological polar surface area (TPSA) is 67.6 Å². The Bertz CT molecular complexity index is 565. The van der Waals surface area contributed by atoms with E-state index in [-0.39, 0.29) is 11.8 Å². The van der Waals surface area contributed by atoms with E-state index in [0.717, 1.165) is 17.9 Å². The van der Waals surface area contributed by atoms with Crippen LogP contribution in [0.25, 0.3) is 0 Å². The van der Waals surface area contributed by atoms with Crippen molar-refractivity contribution >= 4 is 17.3 Å². The molecule has 20 heavy (non-hydrogen) atoms. The zero-order chi connectivity index (χ0) is 14.9. The average Bonchev–Trinajstić information content (AvgIpc) is 2.69. The smallest absolute Gasteiger partial charge is 0.260 e. The van der Waals surface area contributed by atoms with Crippen LogP contribution in [-0.2, 0) is 4.79 Å². The molecule has 0 saturated heterocycles. The van der Waals surface area contributed by atoms with Crippen molar-refractivity contribution in [3.63, 3.8) is 0 Å². The minimum atomic E-state index is -1.06. The second-order valence-electron chi connectivity index (χ2n) is 5.11. The average molecular weight is 273 g/mol. The van der Waals surface area contributed by atoms with Gasteiger partial charge in [0.2, 0.25) is 0 Å². The maximum Gasteiger partial charge on any atom is 0.260 e. The summed E-state index contributed by atoms with van der Waals surface area (Å²) in [6, 6.07) is 7.81. The Morgan fingerprint density at radius 2 is 2.25 bits per heavy atom. The third-order valence-electron chi connectivity index (χ3n) is 3.70. The fourth-order valence-electron chi connectivity index (χ4n) is 2.47. The van der Waals surface area contributed by atoms with Crippen molar-refractivity contribution in [3.8, 4) is 6.07 Å². The van der Waals surface area contributed by atoms with Crippen LogP contribution in [0.2, 0.25) is 0 Å². The summed E-state index contributed by atoms with van der Waals surface area (Å²) in [4.78, 5) is 15.3. The normalized spacial score (nSPS) is 18.6. The Labute approximate surface area is 119 Å². The van der Waals surface area contributed by atoms with Crippen LogP contribution < -0.4 is 9.80 Å². The molecule has 2 unspecified atom stereocenters. The van der Waals surface area contributed by atoms with Gasteiger partial charge in [0.15, 0.2) is 6.10 Å². The molecule has 1 heterocycles. The number of fused-ring (bicyclic) bond motifs is 1. The fourth-order valence-corrected chi connectivity index (χ4v) is 2.47. The van der Waals surface area contributed by atoms with Crippen LogP contribution in [0.4, 0.5) is 11.4 Å². The number of carbonyl (C=O) groups excluding carboxylic acids is 1. The minimum Gasteiger partial charge on any atom is -0.378 e. The second-order valence-corrected chi connectivity index (χ2v) is 5.11. The molecule has 106 valence electrons. The lowest BCUT2D eigenvalue weighted by Crippen LogP contribution is -2.28. The maximum absolute atomic E-state index is 11.8. The van der Waals surface area contributed by atoms with Gasteiger partial charge >= 0.3 is 0 Å². The summed E-state index contributed by atoms with van der Waals surface area (Å²) in [7, 11) is 1.66. The molecule has 0 fully saturated rings. The lowest BCUT2D eigenvalue weighted by Gasteiger charge is -2.25. The van der Waals surface area contributed by atoms with Gasteiger partial charge in [-0.25, -0.2) is 0 Å². The zero-order valence-corrected chi connectivity index (χ0v) is 12.0. The number of aliphatic hydroxyl groups excluding tert-OH is 1. The Morgan fingerprint density at radius 1 is 1.55 bits per heavy atom. The predicted molar refractivity (Wildman–Crippen MR) is 77.5 cm³/mol. The van der Waals surface area contributed by atoms with Crippen molar-refractivity contribution in [1.82, 2.24) is 0 Å². The molecule has 0 saturated carbocycles. The molecule has 1 aliphatic heterocycles. The standard InChI is InChI=1S/C15H19N3O2/c1-4-18(9-10(2)8-16)11-5-6-12-13(7-11)17(3)15(20)14(12)19/h5-7,10,14,19H,4,9H2,1-3H3. The first kappa shape index (κ1) is 14.4. The molecule has 5 nitrogen and oxygen atoms in total. The number of hydrogen-bond acceptors (Lipinski definition) is 4. The number of anilines is 2. The van der Waals surface area contributed by atoms with Crippen LogP contribution in [0.5, 0.6) is 0 Å². The molecule has 0 radical (unpaired) electrons. The van der Waals surface area contributed by atoms with Gasteiger partial charge in [0, 0.05) is 31.4 Å². The Kier molecular flexibility index (Phi) is 3.96. The first-order valence-corrected chi connectivity index (χ1v) is 6.73. The molecule has 5 heteroatoms. The Hall–Kier alpha value is -2.06. The SMILES string of the molecule is CCN(CC(C)C#N)c1ccc2c(c1)N(C)C(=O)C2O. The number of aliphatic hydroxyl groups is 1. The first-order chi connectivity index (χ1) is 9.49. The molecule has 0 aliphatic carbocycles. The summed E-state index contributed by atoms with van der Waals surface area (Å²) in [6.07, 6.45) is -1.06. The van der Waals surface area contributed by atoms with Crippen LogP contribution in [0, 0.1) is 17.2 Å². The van der Waals surface area contributed by atoms with Crippen molar-refractivity contribution in [2.24, 2.45) is 5.92 Å². The van der Waals surface area contributed by atoms with Gasteiger partial charge in [-0.3, -0.25) is 4.79 Å². The number of rotatable bonds is 4. The van der Waals surface area contributed by atoms with Gasteiger partial charge in [0.05, 0.1) is 17.7 Å². The van der Waals surface area contributed by atoms with E-state index >= 15 is 0 Å². The number of nitrogens with zero attached hydrogens (tertiary/aromatic N) is 3. The highest BCUT2D eigenvalue weighted by Crippen LogP contribution is 2.37. The summed E-state index contributed by atoms with van der Waals surface area (Å²) < 4.78 is 0. The summed E-state index contributed by atoms with van der Waals surface area (Å²) in [6.45, 7) is 5.34. The lowest BCUT2D eigenvalue weighted by atomic mass is 10.1. The van der Waals surface area contributed by atoms with E-state index in [9.17, 15) is 9.90 Å². The third kappa shape index (κ3) is 2.35. The zero-order valence-electron chi connectivity index (χ0n) is 12.0. The summed E-state index contributed by atoms with van der Waals surface area (Å²) in [5.74, 6) is -0.362. The van der Waals surface area contributed by atoms with E-state index < -0.39 is 6.10 Å². The van der Waals surface area contributed by atoms with E-state index in [0.29, 0.717) is 12.1 Å². The Morgan fingerprint density at radius 3 is 2.85 bits per heavy atom. The van der Waals surface area contributed by atoms with Crippen molar-refractivity contribution < 1.29 is 9.90 Å². The molecule has 2 rings (SSSR count). The summed E-state index contributed by atoms with van der Waals surface area (Å²) in [5, 5.41) is 18.8. The number of hydrogen-bond donors (Lipinski definition) is 1. The number of likely N-dealkylation sites (N-methyl/N-ethyl adjacent to an activating group) is 1. The largest absolute Gasteiger partial charge is 0.378 e.